The van der Waals surface area contributed by atoms with Crippen molar-refractivity contribution in [3.8, 4) is 0 Å². The maximum absolute atomic E-state index is 10.4. The van der Waals surface area contributed by atoms with Crippen LogP contribution in [0.15, 0.2) is 36.5 Å². The highest BCUT2D eigenvalue weighted by atomic mass is 16.4. The zero-order valence-corrected chi connectivity index (χ0v) is 7.03. The lowest BCUT2D eigenvalue weighted by atomic mass is 10.1. The van der Waals surface area contributed by atoms with E-state index in [0.717, 1.165) is 0 Å². The molecule has 0 amide bonds. The monoisotopic (exact) mass is 167 g/mol. The molecule has 0 heterocycles. The molecule has 0 aromatic rings. The Morgan fingerprint density at radius 3 is 2.58 bits per heavy atom. The van der Waals surface area contributed by atoms with Gasteiger partial charge >= 0.3 is 5.97 Å². The van der Waals surface area contributed by atoms with Crippen LogP contribution in [0.1, 0.15) is 6.92 Å². The first-order chi connectivity index (χ1) is 5.59. The Morgan fingerprint density at radius 1 is 1.58 bits per heavy atom. The van der Waals surface area contributed by atoms with Crippen molar-refractivity contribution in [2.45, 2.75) is 13.0 Å². The molecule has 0 aromatic carbocycles. The molecule has 0 bridgehead atoms. The van der Waals surface area contributed by atoms with Crippen molar-refractivity contribution >= 4 is 5.97 Å². The second-order valence-electron chi connectivity index (χ2n) is 2.35. The minimum atomic E-state index is -1.02. The largest absolute Gasteiger partial charge is 0.480 e. The number of hydrogen-bond donors (Lipinski definition) is 2. The first-order valence-corrected chi connectivity index (χ1v) is 3.54. The van der Waals surface area contributed by atoms with Crippen LogP contribution in [0.3, 0.4) is 0 Å². The third-order valence-electron chi connectivity index (χ3n) is 1.36. The Kier molecular flexibility index (Phi) is 4.72. The Morgan fingerprint density at radius 2 is 2.17 bits per heavy atom. The average Bonchev–Trinajstić information content (AvgIpc) is 2.03. The van der Waals surface area contributed by atoms with E-state index in [0.29, 0.717) is 5.57 Å². The normalized spacial score (nSPS) is 14.7. The summed E-state index contributed by atoms with van der Waals surface area (Å²) < 4.78 is 0. The molecule has 0 saturated heterocycles. The van der Waals surface area contributed by atoms with Gasteiger partial charge in [-0.25, -0.2) is 0 Å². The van der Waals surface area contributed by atoms with Crippen molar-refractivity contribution in [1.82, 2.24) is 0 Å². The summed E-state index contributed by atoms with van der Waals surface area (Å²) in [7, 11) is 0. The van der Waals surface area contributed by atoms with Crippen LogP contribution in [0.25, 0.3) is 0 Å². The van der Waals surface area contributed by atoms with Gasteiger partial charge in [-0.15, -0.1) is 0 Å². The van der Waals surface area contributed by atoms with E-state index in [4.69, 9.17) is 10.8 Å². The minimum Gasteiger partial charge on any atom is -0.480 e. The molecule has 0 aliphatic carbocycles. The fraction of sp³-hybridized carbons (Fsp3) is 0.222. The molecule has 3 heteroatoms. The Balaban J connectivity index is 4.26. The molecule has 0 saturated carbocycles. The molecule has 12 heavy (non-hydrogen) atoms. The average molecular weight is 167 g/mol. The second-order valence-corrected chi connectivity index (χ2v) is 2.35. The standard InChI is InChI=1S/C9H13NO2/c1-3-4-5-6-7(2)8(10)9(11)12/h3-6,8H,1,10H2,2H3,(H,11,12)/b5-4+,7-6-/t8-/m0/s1. The van der Waals surface area contributed by atoms with E-state index < -0.39 is 12.0 Å². The summed E-state index contributed by atoms with van der Waals surface area (Å²) in [6.45, 7) is 5.15. The molecule has 0 rings (SSSR count). The van der Waals surface area contributed by atoms with Crippen LogP contribution < -0.4 is 5.73 Å². The highest BCUT2D eigenvalue weighted by Gasteiger charge is 2.11. The summed E-state index contributed by atoms with van der Waals surface area (Å²) in [5.74, 6) is -1.02. The van der Waals surface area contributed by atoms with Crippen LogP contribution in [0.5, 0.6) is 0 Å². The zero-order valence-electron chi connectivity index (χ0n) is 7.03. The molecular formula is C9H13NO2. The van der Waals surface area contributed by atoms with E-state index >= 15 is 0 Å². The molecule has 0 unspecified atom stereocenters. The van der Waals surface area contributed by atoms with Gasteiger partial charge in [-0.1, -0.05) is 30.9 Å². The van der Waals surface area contributed by atoms with Gasteiger partial charge in [0.15, 0.2) is 0 Å². The number of allylic oxidation sites excluding steroid dienone is 4. The molecular weight excluding hydrogens is 154 g/mol. The van der Waals surface area contributed by atoms with Gasteiger partial charge in [-0.2, -0.15) is 0 Å². The third kappa shape index (κ3) is 3.73. The fourth-order valence-corrected chi connectivity index (χ4v) is 0.584. The van der Waals surface area contributed by atoms with E-state index in [1.807, 2.05) is 0 Å². The number of carboxylic acids is 1. The number of carbonyl (C=O) groups is 1. The van der Waals surface area contributed by atoms with Gasteiger partial charge < -0.3 is 10.8 Å². The van der Waals surface area contributed by atoms with Gasteiger partial charge in [0, 0.05) is 0 Å². The highest BCUT2D eigenvalue weighted by molar-refractivity contribution is 5.76. The number of aliphatic carboxylic acids is 1. The zero-order chi connectivity index (χ0) is 9.56. The van der Waals surface area contributed by atoms with Crippen LogP contribution in [-0.2, 0) is 4.79 Å². The first kappa shape index (κ1) is 10.7. The van der Waals surface area contributed by atoms with Crippen LogP contribution in [0.2, 0.25) is 0 Å². The van der Waals surface area contributed by atoms with Gasteiger partial charge in [0.05, 0.1) is 0 Å². The Hall–Kier alpha value is -1.35. The molecule has 3 nitrogen and oxygen atoms in total. The third-order valence-corrected chi connectivity index (χ3v) is 1.36. The lowest BCUT2D eigenvalue weighted by Crippen LogP contribution is -2.30. The summed E-state index contributed by atoms with van der Waals surface area (Å²) in [5.41, 5.74) is 5.93. The predicted octanol–water partition coefficient (Wildman–Crippen LogP) is 1.09. The van der Waals surface area contributed by atoms with Gasteiger partial charge in [-0.05, 0) is 12.5 Å². The predicted molar refractivity (Wildman–Crippen MR) is 48.7 cm³/mol. The smallest absolute Gasteiger partial charge is 0.324 e. The fourth-order valence-electron chi connectivity index (χ4n) is 0.584. The molecule has 0 fully saturated rings. The van der Waals surface area contributed by atoms with E-state index in [2.05, 4.69) is 6.58 Å². The van der Waals surface area contributed by atoms with Crippen molar-refractivity contribution < 1.29 is 9.90 Å². The van der Waals surface area contributed by atoms with Crippen LogP contribution in [0, 0.1) is 0 Å². The maximum Gasteiger partial charge on any atom is 0.324 e. The van der Waals surface area contributed by atoms with Crippen LogP contribution in [-0.4, -0.2) is 17.1 Å². The molecule has 0 aliphatic rings. The quantitative estimate of drug-likeness (QED) is 0.616. The molecule has 0 aromatic heterocycles. The van der Waals surface area contributed by atoms with E-state index in [1.165, 1.54) is 0 Å². The van der Waals surface area contributed by atoms with E-state index in [1.54, 1.807) is 31.2 Å². The van der Waals surface area contributed by atoms with Gasteiger partial charge in [0.1, 0.15) is 6.04 Å². The maximum atomic E-state index is 10.4. The molecule has 66 valence electrons. The highest BCUT2D eigenvalue weighted by Crippen LogP contribution is 1.98. The van der Waals surface area contributed by atoms with Crippen molar-refractivity contribution in [2.75, 3.05) is 0 Å². The molecule has 3 N–H and O–H groups in total. The second kappa shape index (κ2) is 5.32. The van der Waals surface area contributed by atoms with Crippen molar-refractivity contribution in [1.29, 1.82) is 0 Å². The Bertz CT molecular complexity index is 229. The minimum absolute atomic E-state index is 0.612. The summed E-state index contributed by atoms with van der Waals surface area (Å²) in [4.78, 5) is 10.4. The van der Waals surface area contributed by atoms with Crippen LogP contribution in [0.4, 0.5) is 0 Å². The topological polar surface area (TPSA) is 63.3 Å². The SMILES string of the molecule is C=C/C=C/C=C(/C)[C@H](N)C(=O)O. The van der Waals surface area contributed by atoms with Gasteiger partial charge in [-0.3, -0.25) is 4.79 Å². The van der Waals surface area contributed by atoms with Crippen LogP contribution >= 0.6 is 0 Å². The Labute approximate surface area is 71.9 Å². The first-order valence-electron chi connectivity index (χ1n) is 3.54. The van der Waals surface area contributed by atoms with Crippen molar-refractivity contribution in [2.24, 2.45) is 5.73 Å². The van der Waals surface area contributed by atoms with Gasteiger partial charge in [0.2, 0.25) is 0 Å². The molecule has 0 aliphatic heterocycles. The van der Waals surface area contributed by atoms with Crippen molar-refractivity contribution in [3.05, 3.63) is 36.5 Å². The summed E-state index contributed by atoms with van der Waals surface area (Å²) in [5, 5.41) is 8.50. The molecule has 0 radical (unpaired) electrons. The molecule has 0 spiro atoms. The lowest BCUT2D eigenvalue weighted by molar-refractivity contribution is -0.137. The number of rotatable bonds is 4. The van der Waals surface area contributed by atoms with E-state index in [-0.39, 0.29) is 0 Å². The van der Waals surface area contributed by atoms with Crippen molar-refractivity contribution in [3.63, 3.8) is 0 Å². The summed E-state index contributed by atoms with van der Waals surface area (Å²) in [6, 6.07) is -0.917. The van der Waals surface area contributed by atoms with E-state index in [9.17, 15) is 4.79 Å². The molecule has 1 atom stereocenters. The summed E-state index contributed by atoms with van der Waals surface area (Å²) in [6.07, 6.45) is 6.67. The lowest BCUT2D eigenvalue weighted by Gasteiger charge is -2.04. The van der Waals surface area contributed by atoms with Gasteiger partial charge in [0.25, 0.3) is 0 Å². The number of nitrogens with two attached hydrogens (primary N) is 1. The number of hydrogen-bond acceptors (Lipinski definition) is 2. The summed E-state index contributed by atoms with van der Waals surface area (Å²) >= 11 is 0. The number of carboxylic acid groups (broad SMARTS) is 1.